The second-order valence-electron chi connectivity index (χ2n) is 1.67. The Balaban J connectivity index is 2.84. The smallest absolute Gasteiger partial charge is 0.0978 e. The number of imidazole rings is 1. The van der Waals surface area contributed by atoms with E-state index in [-0.39, 0.29) is 0 Å². The van der Waals surface area contributed by atoms with Gasteiger partial charge in [-0.25, -0.2) is 4.98 Å². The maximum atomic E-state index is 4.08. The summed E-state index contributed by atoms with van der Waals surface area (Å²) >= 11 is 0. The molecule has 0 aliphatic rings. The number of aryl methyl sites for hydroxylation is 1. The van der Waals surface area contributed by atoms with Crippen LogP contribution in [0.2, 0.25) is 0 Å². The molecule has 0 saturated heterocycles. The molecule has 0 saturated carbocycles. The number of nitrogens with zero attached hydrogens (tertiary/aromatic N) is 2. The molecule has 2 nitrogen and oxygen atoms in total. The Morgan fingerprint density at radius 1 is 1.88 bits per heavy atom. The molecule has 0 aromatic carbocycles. The van der Waals surface area contributed by atoms with Crippen molar-refractivity contribution >= 4 is 9.39 Å². The second-order valence-corrected chi connectivity index (χ2v) is 2.26. The van der Waals surface area contributed by atoms with Crippen LogP contribution in [0.3, 0.4) is 0 Å². The van der Waals surface area contributed by atoms with Crippen molar-refractivity contribution in [1.82, 2.24) is 9.32 Å². The van der Waals surface area contributed by atoms with Gasteiger partial charge in [-0.1, -0.05) is 6.92 Å². The van der Waals surface area contributed by atoms with Crippen LogP contribution in [0.4, 0.5) is 0 Å². The van der Waals surface area contributed by atoms with Gasteiger partial charge in [0.1, 0.15) is 0 Å². The van der Waals surface area contributed by atoms with Crippen LogP contribution >= 0.6 is 9.39 Å². The van der Waals surface area contributed by atoms with Gasteiger partial charge in [0.2, 0.25) is 0 Å². The van der Waals surface area contributed by atoms with Crippen LogP contribution in [-0.4, -0.2) is 9.32 Å². The third-order valence-electron chi connectivity index (χ3n) is 1.02. The van der Waals surface area contributed by atoms with Gasteiger partial charge in [-0.3, -0.25) is 0 Å². The molecular weight excluding hydrogens is 119 g/mol. The molecule has 0 spiro atoms. The van der Waals surface area contributed by atoms with Crippen LogP contribution in [0.1, 0.15) is 12.6 Å². The van der Waals surface area contributed by atoms with Crippen molar-refractivity contribution in [3.05, 3.63) is 18.2 Å². The number of hydrogen-bond acceptors (Lipinski definition) is 1. The van der Waals surface area contributed by atoms with Crippen LogP contribution in [0.25, 0.3) is 0 Å². The van der Waals surface area contributed by atoms with Gasteiger partial charge >= 0.3 is 0 Å². The van der Waals surface area contributed by atoms with Gasteiger partial charge in [-0.15, -0.1) is 0 Å². The molecule has 44 valence electrons. The monoisotopic (exact) mass is 128 g/mol. The Labute approximate surface area is 51.2 Å². The summed E-state index contributed by atoms with van der Waals surface area (Å²) in [6, 6.07) is 0. The third-order valence-corrected chi connectivity index (χ3v) is 1.30. The lowest BCUT2D eigenvalue weighted by Crippen LogP contribution is -1.74. The van der Waals surface area contributed by atoms with E-state index in [0.717, 1.165) is 12.1 Å². The van der Waals surface area contributed by atoms with E-state index in [0.29, 0.717) is 0 Å². The van der Waals surface area contributed by atoms with E-state index in [1.54, 1.807) is 6.33 Å². The summed E-state index contributed by atoms with van der Waals surface area (Å²) in [5.74, 6) is 0. The van der Waals surface area contributed by atoms with Gasteiger partial charge in [-0.2, -0.15) is 0 Å². The highest BCUT2D eigenvalue weighted by Crippen LogP contribution is 1.98. The zero-order valence-electron chi connectivity index (χ0n) is 4.83. The highest BCUT2D eigenvalue weighted by Gasteiger charge is 1.88. The lowest BCUT2D eigenvalue weighted by atomic mass is 10.4. The number of aromatic nitrogens is 2. The van der Waals surface area contributed by atoms with Gasteiger partial charge in [-0.05, 0) is 15.8 Å². The Morgan fingerprint density at radius 3 is 2.88 bits per heavy atom. The molecule has 3 heteroatoms. The molecule has 1 rings (SSSR count). The molecule has 1 heterocycles. The standard InChI is InChI=1S/C5H9N2P/c1-2-5-3-7(8)4-6-5/h3-4H,2,8H2,1H3. The zero-order valence-corrected chi connectivity index (χ0v) is 5.99. The van der Waals surface area contributed by atoms with Crippen LogP contribution < -0.4 is 0 Å². The quantitative estimate of drug-likeness (QED) is 0.517. The van der Waals surface area contributed by atoms with E-state index in [4.69, 9.17) is 0 Å². The molecular formula is C5H9N2P. The molecule has 0 bridgehead atoms. The normalized spacial score (nSPS) is 9.75. The summed E-state index contributed by atoms with van der Waals surface area (Å²) < 4.78 is 1.87. The summed E-state index contributed by atoms with van der Waals surface area (Å²) in [7, 11) is 2.53. The molecule has 8 heavy (non-hydrogen) atoms. The molecule has 0 amide bonds. The number of hydrogen-bond donors (Lipinski definition) is 0. The van der Waals surface area contributed by atoms with Crippen LogP contribution in [0, 0.1) is 0 Å². The first kappa shape index (κ1) is 5.77. The fraction of sp³-hybridized carbons (Fsp3) is 0.400. The average molecular weight is 128 g/mol. The predicted octanol–water partition coefficient (Wildman–Crippen LogP) is 1.08. The van der Waals surface area contributed by atoms with Crippen molar-refractivity contribution in [3.8, 4) is 0 Å². The van der Waals surface area contributed by atoms with E-state index in [1.165, 1.54) is 0 Å². The molecule has 0 N–H and O–H groups in total. The van der Waals surface area contributed by atoms with Gasteiger partial charge in [0.25, 0.3) is 0 Å². The van der Waals surface area contributed by atoms with Gasteiger partial charge in [0, 0.05) is 6.20 Å². The Bertz CT molecular complexity index is 171. The average Bonchev–Trinajstić information content (AvgIpc) is 2.14. The Kier molecular flexibility index (Phi) is 1.64. The van der Waals surface area contributed by atoms with E-state index >= 15 is 0 Å². The molecule has 0 fully saturated rings. The number of rotatable bonds is 1. The first-order chi connectivity index (χ1) is 3.83. The first-order valence-electron chi connectivity index (χ1n) is 2.61. The van der Waals surface area contributed by atoms with Crippen molar-refractivity contribution in [3.63, 3.8) is 0 Å². The predicted molar refractivity (Wildman–Crippen MR) is 36.7 cm³/mol. The minimum absolute atomic E-state index is 1.02. The van der Waals surface area contributed by atoms with E-state index in [2.05, 4.69) is 21.3 Å². The van der Waals surface area contributed by atoms with Gasteiger partial charge in [0.15, 0.2) is 0 Å². The van der Waals surface area contributed by atoms with Crippen molar-refractivity contribution in [2.75, 3.05) is 0 Å². The lowest BCUT2D eigenvalue weighted by Gasteiger charge is -1.81. The molecule has 1 aromatic heterocycles. The summed E-state index contributed by atoms with van der Waals surface area (Å²) in [5.41, 5.74) is 1.14. The fourth-order valence-electron chi connectivity index (χ4n) is 0.562. The topological polar surface area (TPSA) is 17.8 Å². The lowest BCUT2D eigenvalue weighted by molar-refractivity contribution is 1.06. The van der Waals surface area contributed by atoms with Crippen LogP contribution in [0.5, 0.6) is 0 Å². The van der Waals surface area contributed by atoms with Crippen LogP contribution in [0.15, 0.2) is 12.5 Å². The molecule has 1 atom stereocenters. The van der Waals surface area contributed by atoms with Crippen molar-refractivity contribution in [2.24, 2.45) is 0 Å². The maximum absolute atomic E-state index is 4.08. The molecule has 1 aromatic rings. The third kappa shape index (κ3) is 1.07. The Morgan fingerprint density at radius 2 is 2.62 bits per heavy atom. The maximum Gasteiger partial charge on any atom is 0.0978 e. The second kappa shape index (κ2) is 2.27. The van der Waals surface area contributed by atoms with Gasteiger partial charge in [0.05, 0.1) is 12.0 Å². The molecule has 0 aliphatic carbocycles. The summed E-state index contributed by atoms with van der Waals surface area (Å²) in [5, 5.41) is 0. The summed E-state index contributed by atoms with van der Waals surface area (Å²) in [4.78, 5) is 4.08. The Hall–Kier alpha value is -0.360. The first-order valence-corrected chi connectivity index (χ1v) is 3.12. The highest BCUT2D eigenvalue weighted by molar-refractivity contribution is 7.14. The van der Waals surface area contributed by atoms with Crippen molar-refractivity contribution in [2.45, 2.75) is 13.3 Å². The SMILES string of the molecule is CCc1cn(P)cn1. The highest BCUT2D eigenvalue weighted by atomic mass is 31.0. The van der Waals surface area contributed by atoms with Crippen molar-refractivity contribution in [1.29, 1.82) is 0 Å². The molecule has 0 radical (unpaired) electrons. The minimum Gasteiger partial charge on any atom is -0.322 e. The van der Waals surface area contributed by atoms with Crippen molar-refractivity contribution < 1.29 is 0 Å². The fourth-order valence-corrected chi connectivity index (χ4v) is 0.801. The van der Waals surface area contributed by atoms with E-state index in [9.17, 15) is 0 Å². The van der Waals surface area contributed by atoms with Crippen LogP contribution in [-0.2, 0) is 6.42 Å². The molecule has 0 aliphatic heterocycles. The van der Waals surface area contributed by atoms with Gasteiger partial charge < -0.3 is 4.34 Å². The minimum atomic E-state index is 1.02. The zero-order chi connectivity index (χ0) is 5.98. The molecule has 1 unspecified atom stereocenters. The summed E-state index contributed by atoms with van der Waals surface area (Å²) in [6.45, 7) is 2.09. The van der Waals surface area contributed by atoms with E-state index < -0.39 is 0 Å². The largest absolute Gasteiger partial charge is 0.322 e. The van der Waals surface area contributed by atoms with E-state index in [1.807, 2.05) is 10.5 Å². The summed E-state index contributed by atoms with van der Waals surface area (Å²) in [6.07, 6.45) is 4.79.